The van der Waals surface area contributed by atoms with Gasteiger partial charge in [0.2, 0.25) is 5.95 Å². The Labute approximate surface area is 172 Å². The number of non-ortho nitro benzene ring substituents is 1. The highest BCUT2D eigenvalue weighted by molar-refractivity contribution is 5.99. The SMILES string of the molecule is Cc1cccc(C2C3=C(CCCC3=O)Nc3nc(-c4cccc([N+](=O)[O-])c4)nn32)c1. The topological polar surface area (TPSA) is 103 Å². The molecule has 0 bridgehead atoms. The zero-order valence-electron chi connectivity index (χ0n) is 16.3. The van der Waals surface area contributed by atoms with Crippen molar-refractivity contribution in [2.24, 2.45) is 0 Å². The molecule has 8 heteroatoms. The number of hydrogen-bond acceptors (Lipinski definition) is 6. The number of allylic oxidation sites excluding steroid dienone is 2. The Bertz CT molecular complexity index is 1230. The van der Waals surface area contributed by atoms with Crippen LogP contribution < -0.4 is 5.32 Å². The van der Waals surface area contributed by atoms with Crippen LogP contribution in [0.1, 0.15) is 36.4 Å². The monoisotopic (exact) mass is 401 g/mol. The van der Waals surface area contributed by atoms with Gasteiger partial charge in [0.1, 0.15) is 6.04 Å². The van der Waals surface area contributed by atoms with Crippen molar-refractivity contribution < 1.29 is 9.72 Å². The Morgan fingerprint density at radius 3 is 2.80 bits per heavy atom. The van der Waals surface area contributed by atoms with E-state index in [1.165, 1.54) is 12.1 Å². The maximum Gasteiger partial charge on any atom is 0.270 e. The molecule has 2 aromatic carbocycles. The molecule has 0 amide bonds. The largest absolute Gasteiger partial charge is 0.328 e. The highest BCUT2D eigenvalue weighted by Crippen LogP contribution is 2.40. The molecule has 1 atom stereocenters. The van der Waals surface area contributed by atoms with Gasteiger partial charge in [-0.2, -0.15) is 4.98 Å². The summed E-state index contributed by atoms with van der Waals surface area (Å²) in [6.07, 6.45) is 2.10. The number of carbonyl (C=O) groups excluding carboxylic acids is 1. The first kappa shape index (κ1) is 18.2. The molecule has 0 radical (unpaired) electrons. The van der Waals surface area contributed by atoms with Crippen LogP contribution in [-0.4, -0.2) is 25.5 Å². The van der Waals surface area contributed by atoms with Gasteiger partial charge in [0.25, 0.3) is 5.69 Å². The zero-order valence-corrected chi connectivity index (χ0v) is 16.3. The van der Waals surface area contributed by atoms with Gasteiger partial charge in [0, 0.05) is 35.4 Å². The fourth-order valence-corrected chi connectivity index (χ4v) is 4.19. The van der Waals surface area contributed by atoms with Crippen molar-refractivity contribution in [3.05, 3.63) is 81.0 Å². The smallest absolute Gasteiger partial charge is 0.270 e. The third-order valence-corrected chi connectivity index (χ3v) is 5.54. The van der Waals surface area contributed by atoms with Crippen molar-refractivity contribution in [3.8, 4) is 11.4 Å². The number of nitro groups is 1. The number of benzene rings is 2. The minimum Gasteiger partial charge on any atom is -0.328 e. The van der Waals surface area contributed by atoms with Gasteiger partial charge in [-0.1, -0.05) is 42.0 Å². The molecule has 1 aromatic heterocycles. The molecule has 0 fully saturated rings. The maximum absolute atomic E-state index is 12.9. The number of hydrogen-bond donors (Lipinski definition) is 1. The van der Waals surface area contributed by atoms with Gasteiger partial charge in [0.05, 0.1) is 4.92 Å². The second-order valence-electron chi connectivity index (χ2n) is 7.62. The summed E-state index contributed by atoms with van der Waals surface area (Å²) in [5.74, 6) is 1.04. The number of carbonyl (C=O) groups is 1. The van der Waals surface area contributed by atoms with Crippen molar-refractivity contribution in [3.63, 3.8) is 0 Å². The molecule has 2 heterocycles. The second-order valence-corrected chi connectivity index (χ2v) is 7.62. The van der Waals surface area contributed by atoms with Crippen LogP contribution in [0.5, 0.6) is 0 Å². The second kappa shape index (κ2) is 6.91. The normalized spacial score (nSPS) is 17.9. The molecule has 3 aromatic rings. The Kier molecular flexibility index (Phi) is 4.20. The third kappa shape index (κ3) is 2.97. The van der Waals surface area contributed by atoms with E-state index in [9.17, 15) is 14.9 Å². The molecule has 1 unspecified atom stereocenters. The zero-order chi connectivity index (χ0) is 20.8. The lowest BCUT2D eigenvalue weighted by atomic mass is 9.85. The predicted molar refractivity (Wildman–Crippen MR) is 111 cm³/mol. The quantitative estimate of drug-likeness (QED) is 0.522. The van der Waals surface area contributed by atoms with E-state index in [4.69, 9.17) is 0 Å². The average molecular weight is 401 g/mol. The van der Waals surface area contributed by atoms with E-state index in [1.807, 2.05) is 25.1 Å². The number of fused-ring (bicyclic) bond motifs is 1. The number of anilines is 1. The summed E-state index contributed by atoms with van der Waals surface area (Å²) in [5, 5.41) is 19.1. The lowest BCUT2D eigenvalue weighted by Crippen LogP contribution is -2.31. The number of aromatic nitrogens is 3. The molecule has 1 aliphatic heterocycles. The lowest BCUT2D eigenvalue weighted by molar-refractivity contribution is -0.384. The number of nitrogens with one attached hydrogen (secondary N) is 1. The fraction of sp³-hybridized carbons (Fsp3) is 0.227. The van der Waals surface area contributed by atoms with E-state index < -0.39 is 4.92 Å². The van der Waals surface area contributed by atoms with Gasteiger partial charge in [-0.05, 0) is 25.3 Å². The first-order chi connectivity index (χ1) is 14.5. The Morgan fingerprint density at radius 1 is 1.17 bits per heavy atom. The highest BCUT2D eigenvalue weighted by atomic mass is 16.6. The molecule has 0 saturated carbocycles. The summed E-state index contributed by atoms with van der Waals surface area (Å²) in [4.78, 5) is 28.2. The summed E-state index contributed by atoms with van der Waals surface area (Å²) in [6, 6.07) is 13.9. The van der Waals surface area contributed by atoms with E-state index in [0.717, 1.165) is 35.2 Å². The van der Waals surface area contributed by atoms with Crippen molar-refractivity contribution >= 4 is 17.4 Å². The van der Waals surface area contributed by atoms with Gasteiger partial charge in [-0.3, -0.25) is 14.9 Å². The molecule has 1 aliphatic carbocycles. The number of rotatable bonds is 3. The van der Waals surface area contributed by atoms with Crippen LogP contribution in [-0.2, 0) is 4.79 Å². The predicted octanol–water partition coefficient (Wildman–Crippen LogP) is 4.18. The molecular weight excluding hydrogens is 382 g/mol. The van der Waals surface area contributed by atoms with Crippen molar-refractivity contribution in [2.75, 3.05) is 5.32 Å². The first-order valence-corrected chi connectivity index (χ1v) is 9.82. The summed E-state index contributed by atoms with van der Waals surface area (Å²) in [6.45, 7) is 2.01. The summed E-state index contributed by atoms with van der Waals surface area (Å²) >= 11 is 0. The van der Waals surface area contributed by atoms with E-state index in [0.29, 0.717) is 23.8 Å². The minimum absolute atomic E-state index is 0.0175. The summed E-state index contributed by atoms with van der Waals surface area (Å²) < 4.78 is 1.73. The molecule has 0 spiro atoms. The Morgan fingerprint density at radius 2 is 2.00 bits per heavy atom. The summed E-state index contributed by atoms with van der Waals surface area (Å²) in [7, 11) is 0. The van der Waals surface area contributed by atoms with Gasteiger partial charge in [0.15, 0.2) is 11.6 Å². The number of Topliss-reactive ketones (excluding diaryl/α,β-unsaturated/α-hetero) is 1. The van der Waals surface area contributed by atoms with Crippen LogP contribution in [0.15, 0.2) is 59.8 Å². The van der Waals surface area contributed by atoms with Gasteiger partial charge in [-0.25, -0.2) is 4.68 Å². The standard InChI is InChI=1S/C22H19N5O3/c1-13-5-2-6-14(11-13)20-19-17(9-4-10-18(19)28)23-22-24-21(25-26(20)22)15-7-3-8-16(12-15)27(29)30/h2-3,5-8,11-12,20H,4,9-10H2,1H3,(H,23,24,25). The van der Waals surface area contributed by atoms with E-state index in [2.05, 4.69) is 21.5 Å². The molecule has 0 saturated heterocycles. The highest BCUT2D eigenvalue weighted by Gasteiger charge is 2.37. The summed E-state index contributed by atoms with van der Waals surface area (Å²) in [5.41, 5.74) is 4.22. The van der Waals surface area contributed by atoms with E-state index in [-0.39, 0.29) is 17.5 Å². The van der Waals surface area contributed by atoms with E-state index >= 15 is 0 Å². The molecule has 150 valence electrons. The number of aryl methyl sites for hydroxylation is 1. The third-order valence-electron chi connectivity index (χ3n) is 5.54. The van der Waals surface area contributed by atoms with Gasteiger partial charge >= 0.3 is 0 Å². The fourth-order valence-electron chi connectivity index (χ4n) is 4.19. The Balaban J connectivity index is 1.67. The van der Waals surface area contributed by atoms with Crippen LogP contribution >= 0.6 is 0 Å². The number of ketones is 1. The minimum atomic E-state index is -0.438. The maximum atomic E-state index is 12.9. The molecule has 1 N–H and O–H groups in total. The van der Waals surface area contributed by atoms with Crippen LogP contribution in [0.25, 0.3) is 11.4 Å². The van der Waals surface area contributed by atoms with Crippen molar-refractivity contribution in [1.29, 1.82) is 0 Å². The molecule has 30 heavy (non-hydrogen) atoms. The van der Waals surface area contributed by atoms with Gasteiger partial charge in [-0.15, -0.1) is 5.10 Å². The number of nitro benzene ring substituents is 1. The number of nitrogens with zero attached hydrogens (tertiary/aromatic N) is 4. The van der Waals surface area contributed by atoms with Crippen LogP contribution in [0.4, 0.5) is 11.6 Å². The van der Waals surface area contributed by atoms with E-state index in [1.54, 1.807) is 16.8 Å². The van der Waals surface area contributed by atoms with Crippen LogP contribution in [0.3, 0.4) is 0 Å². The average Bonchev–Trinajstić information content (AvgIpc) is 3.16. The molecule has 5 rings (SSSR count). The molecule has 2 aliphatic rings. The lowest BCUT2D eigenvalue weighted by Gasteiger charge is -2.32. The molecule has 8 nitrogen and oxygen atoms in total. The molecular formula is C22H19N5O3. The van der Waals surface area contributed by atoms with Crippen LogP contribution in [0, 0.1) is 17.0 Å². The first-order valence-electron chi connectivity index (χ1n) is 9.82. The van der Waals surface area contributed by atoms with Crippen LogP contribution in [0.2, 0.25) is 0 Å². The van der Waals surface area contributed by atoms with Crippen molar-refractivity contribution in [1.82, 2.24) is 14.8 Å². The Hall–Kier alpha value is -3.81. The van der Waals surface area contributed by atoms with Crippen molar-refractivity contribution in [2.45, 2.75) is 32.2 Å². The van der Waals surface area contributed by atoms with Gasteiger partial charge < -0.3 is 5.32 Å².